The number of nitrogens with zero attached hydrogens (tertiary/aromatic N) is 1. The van der Waals surface area contributed by atoms with Crippen LogP contribution in [0.5, 0.6) is 5.75 Å². The van der Waals surface area contributed by atoms with Gasteiger partial charge in [-0.1, -0.05) is 0 Å². The molecule has 8 heteroatoms. The number of ether oxygens (including phenoxy) is 1. The van der Waals surface area contributed by atoms with Crippen LogP contribution in [0.15, 0.2) is 30.3 Å². The van der Waals surface area contributed by atoms with Gasteiger partial charge in [0.15, 0.2) is 0 Å². The molecule has 0 bridgehead atoms. The Hall–Kier alpha value is -2.58. The number of nitrogens with one attached hydrogen (secondary N) is 4. The molecule has 164 valence electrons. The van der Waals surface area contributed by atoms with Crippen molar-refractivity contribution in [2.24, 2.45) is 0 Å². The molecule has 0 atom stereocenters. The van der Waals surface area contributed by atoms with Crippen LogP contribution in [0.3, 0.4) is 0 Å². The molecule has 1 saturated heterocycles. The summed E-state index contributed by atoms with van der Waals surface area (Å²) in [4.78, 5) is 27.7. The molecule has 0 aromatic heterocycles. The van der Waals surface area contributed by atoms with Gasteiger partial charge in [0.1, 0.15) is 31.9 Å². The van der Waals surface area contributed by atoms with E-state index in [1.165, 1.54) is 37.7 Å². The molecule has 0 unspecified atom stereocenters. The summed E-state index contributed by atoms with van der Waals surface area (Å²) in [6.45, 7) is 10.2. The fourth-order valence-electron chi connectivity index (χ4n) is 3.93. The van der Waals surface area contributed by atoms with Crippen LogP contribution in [0.1, 0.15) is 25.3 Å². The number of carbonyl (C=O) groups excluding carboxylic acids is 2. The van der Waals surface area contributed by atoms with E-state index in [0.29, 0.717) is 19.5 Å². The Bertz CT molecular complexity index is 742. The molecule has 4 N–H and O–H groups in total. The second-order valence-electron chi connectivity index (χ2n) is 7.91. The molecule has 2 amide bonds. The Balaban J connectivity index is 1.38. The van der Waals surface area contributed by atoms with Gasteiger partial charge in [0.05, 0.1) is 39.0 Å². The number of quaternary nitrogens is 2. The zero-order valence-corrected chi connectivity index (χ0v) is 18.1. The summed E-state index contributed by atoms with van der Waals surface area (Å²) in [7, 11) is 1.63. The number of carbonyl (C=O) groups is 2. The lowest BCUT2D eigenvalue weighted by molar-refractivity contribution is -1.01. The summed E-state index contributed by atoms with van der Waals surface area (Å²) in [5.41, 5.74) is 4.99. The van der Waals surface area contributed by atoms with Gasteiger partial charge in [-0.05, 0) is 42.8 Å². The van der Waals surface area contributed by atoms with Crippen molar-refractivity contribution < 1.29 is 24.1 Å². The van der Waals surface area contributed by atoms with E-state index >= 15 is 0 Å². The lowest BCUT2D eigenvalue weighted by Crippen LogP contribution is -3.28. The van der Waals surface area contributed by atoms with Crippen molar-refractivity contribution in [1.29, 1.82) is 0 Å². The number of piperazine rings is 1. The average molecular weight is 418 g/mol. The number of rotatable bonds is 9. The highest BCUT2D eigenvalue weighted by molar-refractivity contribution is 5.84. The second kappa shape index (κ2) is 11.0. The van der Waals surface area contributed by atoms with Crippen molar-refractivity contribution in [2.75, 3.05) is 59.5 Å². The molecule has 8 nitrogen and oxygen atoms in total. The van der Waals surface area contributed by atoms with Gasteiger partial charge in [-0.2, -0.15) is 0 Å². The molecule has 2 heterocycles. The lowest BCUT2D eigenvalue weighted by atomic mass is 10.1. The Morgan fingerprint density at radius 3 is 2.53 bits per heavy atom. The molecular formula is C22H35N5O3+2. The highest BCUT2D eigenvalue weighted by atomic mass is 16.5. The number of benzene rings is 1. The van der Waals surface area contributed by atoms with Crippen LogP contribution in [0.4, 0.5) is 0 Å². The molecule has 30 heavy (non-hydrogen) atoms. The molecular weight excluding hydrogens is 382 g/mol. The van der Waals surface area contributed by atoms with Crippen molar-refractivity contribution in [3.63, 3.8) is 0 Å². The van der Waals surface area contributed by atoms with Gasteiger partial charge in [0, 0.05) is 12.8 Å². The molecule has 2 aliphatic heterocycles. The van der Waals surface area contributed by atoms with Crippen molar-refractivity contribution in [3.05, 3.63) is 35.9 Å². The maximum Gasteiger partial charge on any atom is 0.244 e. The zero-order valence-electron chi connectivity index (χ0n) is 18.1. The summed E-state index contributed by atoms with van der Waals surface area (Å²) in [6, 6.07) is 7.67. The first kappa shape index (κ1) is 22.1. The third-order valence-corrected chi connectivity index (χ3v) is 5.97. The number of hydrazine groups is 1. The predicted octanol–water partition coefficient (Wildman–Crippen LogP) is -1.92. The number of likely N-dealkylation sites (N-methyl/N-ethyl adjacent to an activating group) is 1. The van der Waals surface area contributed by atoms with E-state index in [-0.39, 0.29) is 18.2 Å². The van der Waals surface area contributed by atoms with Gasteiger partial charge < -0.3 is 19.9 Å². The van der Waals surface area contributed by atoms with Gasteiger partial charge in [-0.3, -0.25) is 20.0 Å². The van der Waals surface area contributed by atoms with Crippen LogP contribution in [0.25, 0.3) is 5.70 Å². The Morgan fingerprint density at radius 2 is 1.87 bits per heavy atom. The zero-order chi connectivity index (χ0) is 21.3. The summed E-state index contributed by atoms with van der Waals surface area (Å²) in [5.74, 6) is 0.748. The first-order valence-electron chi connectivity index (χ1n) is 10.9. The lowest BCUT2D eigenvalue weighted by Gasteiger charge is -2.29. The topological polar surface area (TPSA) is 79.6 Å². The molecule has 0 aliphatic carbocycles. The Labute approximate surface area is 178 Å². The van der Waals surface area contributed by atoms with Crippen LogP contribution in [0, 0.1) is 0 Å². The standard InChI is InChI=1S/C22H33N5O3/c1-3-25-14-16-26(17-15-25)13-11-23-21(28)10-12-27-22(29)9-8-20(24-27)18-4-6-19(30-2)7-5-18/h4-8,24H,3,9-17H2,1-2H3,(H,23,28)/p+2. The number of hydrogen-bond donors (Lipinski definition) is 4. The molecule has 0 radical (unpaired) electrons. The van der Waals surface area contributed by atoms with Crippen molar-refractivity contribution in [3.8, 4) is 5.75 Å². The number of hydrogen-bond acceptors (Lipinski definition) is 4. The Morgan fingerprint density at radius 1 is 1.17 bits per heavy atom. The van der Waals surface area contributed by atoms with E-state index in [0.717, 1.165) is 23.6 Å². The minimum atomic E-state index is -0.0270. The Kier molecular flexibility index (Phi) is 8.10. The number of amides is 2. The van der Waals surface area contributed by atoms with Gasteiger partial charge >= 0.3 is 0 Å². The van der Waals surface area contributed by atoms with E-state index in [9.17, 15) is 9.59 Å². The largest absolute Gasteiger partial charge is 0.497 e. The highest BCUT2D eigenvalue weighted by Crippen LogP contribution is 2.20. The summed E-state index contributed by atoms with van der Waals surface area (Å²) < 4.78 is 5.19. The smallest absolute Gasteiger partial charge is 0.244 e. The monoisotopic (exact) mass is 417 g/mol. The fourth-order valence-corrected chi connectivity index (χ4v) is 3.93. The van der Waals surface area contributed by atoms with Crippen molar-refractivity contribution >= 4 is 17.5 Å². The van der Waals surface area contributed by atoms with Gasteiger partial charge in [0.2, 0.25) is 11.8 Å². The summed E-state index contributed by atoms with van der Waals surface area (Å²) in [6.07, 6.45) is 2.49. The summed E-state index contributed by atoms with van der Waals surface area (Å²) in [5, 5.41) is 4.54. The molecule has 0 spiro atoms. The van der Waals surface area contributed by atoms with E-state index in [1.807, 2.05) is 30.3 Å². The van der Waals surface area contributed by atoms with Crippen LogP contribution in [0.2, 0.25) is 0 Å². The SMILES string of the molecule is CC[NH+]1CC[NH+](CCNC(=O)CCN2NC(c3ccc(OC)cc3)=CCC2=O)CC1. The van der Waals surface area contributed by atoms with Crippen molar-refractivity contribution in [2.45, 2.75) is 19.8 Å². The number of methoxy groups -OCH3 is 1. The fraction of sp³-hybridized carbons (Fsp3) is 0.545. The minimum Gasteiger partial charge on any atom is -0.497 e. The third-order valence-electron chi connectivity index (χ3n) is 5.97. The minimum absolute atomic E-state index is 0.0117. The first-order valence-corrected chi connectivity index (χ1v) is 10.9. The quantitative estimate of drug-likeness (QED) is 0.378. The highest BCUT2D eigenvalue weighted by Gasteiger charge is 2.22. The molecule has 1 aromatic rings. The van der Waals surface area contributed by atoms with E-state index in [4.69, 9.17) is 4.74 Å². The van der Waals surface area contributed by atoms with Crippen molar-refractivity contribution in [1.82, 2.24) is 15.8 Å². The van der Waals surface area contributed by atoms with E-state index < -0.39 is 0 Å². The molecule has 1 aromatic carbocycles. The average Bonchev–Trinajstić information content (AvgIpc) is 2.79. The maximum atomic E-state index is 12.2. The molecule has 1 fully saturated rings. The second-order valence-corrected chi connectivity index (χ2v) is 7.91. The van der Waals surface area contributed by atoms with Gasteiger partial charge in [-0.15, -0.1) is 0 Å². The maximum absolute atomic E-state index is 12.2. The molecule has 2 aliphatic rings. The van der Waals surface area contributed by atoms with Crippen LogP contribution < -0.4 is 25.3 Å². The van der Waals surface area contributed by atoms with Gasteiger partial charge in [-0.25, -0.2) is 0 Å². The van der Waals surface area contributed by atoms with Gasteiger partial charge in [0.25, 0.3) is 0 Å². The molecule has 0 saturated carbocycles. The van der Waals surface area contributed by atoms with E-state index in [1.54, 1.807) is 16.9 Å². The predicted molar refractivity (Wildman–Crippen MR) is 115 cm³/mol. The van der Waals surface area contributed by atoms with Crippen LogP contribution >= 0.6 is 0 Å². The normalized spacial score (nSPS) is 21.6. The van der Waals surface area contributed by atoms with Crippen LogP contribution in [-0.4, -0.2) is 76.3 Å². The molecule has 3 rings (SSSR count). The summed E-state index contributed by atoms with van der Waals surface area (Å²) >= 11 is 0. The van der Waals surface area contributed by atoms with Crippen LogP contribution in [-0.2, 0) is 9.59 Å². The first-order chi connectivity index (χ1) is 14.6. The third kappa shape index (κ3) is 6.21. The van der Waals surface area contributed by atoms with E-state index in [2.05, 4.69) is 17.7 Å².